The van der Waals surface area contributed by atoms with Gasteiger partial charge in [0.2, 0.25) is 5.91 Å². The third-order valence-corrected chi connectivity index (χ3v) is 6.43. The summed E-state index contributed by atoms with van der Waals surface area (Å²) in [6, 6.07) is 4.23. The zero-order valence-corrected chi connectivity index (χ0v) is 14.3. The van der Waals surface area contributed by atoms with Crippen LogP contribution < -0.4 is 5.32 Å². The number of nitrogens with zero attached hydrogens (tertiary/aromatic N) is 3. The van der Waals surface area contributed by atoms with Crippen molar-refractivity contribution in [2.75, 3.05) is 19.6 Å². The SMILES string of the molecule is O=C(C=CSc1nc2ncccc2s1)N[C@H]1CN2CCC1CC2. The van der Waals surface area contributed by atoms with E-state index in [0.29, 0.717) is 12.0 Å². The third kappa shape index (κ3) is 3.41. The van der Waals surface area contributed by atoms with Crippen LogP contribution in [0.5, 0.6) is 0 Å². The largest absolute Gasteiger partial charge is 0.348 e. The van der Waals surface area contributed by atoms with Gasteiger partial charge in [0.25, 0.3) is 0 Å². The molecule has 5 rings (SSSR count). The van der Waals surface area contributed by atoms with Gasteiger partial charge in [-0.2, -0.15) is 0 Å². The van der Waals surface area contributed by atoms with E-state index in [2.05, 4.69) is 20.2 Å². The highest BCUT2D eigenvalue weighted by atomic mass is 32.2. The third-order valence-electron chi connectivity index (χ3n) is 4.52. The highest BCUT2D eigenvalue weighted by Gasteiger charge is 2.34. The number of piperidine rings is 3. The first-order chi connectivity index (χ1) is 11.3. The number of aromatic nitrogens is 2. The quantitative estimate of drug-likeness (QED) is 0.681. The van der Waals surface area contributed by atoms with Crippen molar-refractivity contribution in [1.82, 2.24) is 20.2 Å². The van der Waals surface area contributed by atoms with Gasteiger partial charge in [-0.3, -0.25) is 4.79 Å². The summed E-state index contributed by atoms with van der Waals surface area (Å²) in [7, 11) is 0. The summed E-state index contributed by atoms with van der Waals surface area (Å²) in [5, 5.41) is 4.97. The van der Waals surface area contributed by atoms with Crippen LogP contribution in [-0.2, 0) is 4.79 Å². The molecule has 0 aromatic carbocycles. The van der Waals surface area contributed by atoms with Crippen molar-refractivity contribution in [2.24, 2.45) is 5.92 Å². The average Bonchev–Trinajstić information content (AvgIpc) is 2.98. The number of hydrogen-bond acceptors (Lipinski definition) is 6. The predicted octanol–water partition coefficient (Wildman–Crippen LogP) is 2.51. The first-order valence-electron chi connectivity index (χ1n) is 7.85. The second-order valence-corrected chi connectivity index (χ2v) is 8.16. The van der Waals surface area contributed by atoms with Gasteiger partial charge in [0.1, 0.15) is 0 Å². The topological polar surface area (TPSA) is 58.1 Å². The van der Waals surface area contributed by atoms with E-state index in [-0.39, 0.29) is 5.91 Å². The monoisotopic (exact) mass is 346 g/mol. The molecule has 3 saturated heterocycles. The molecule has 5 nitrogen and oxygen atoms in total. The fraction of sp³-hybridized carbons (Fsp3) is 0.438. The summed E-state index contributed by atoms with van der Waals surface area (Å²) in [6.07, 6.45) is 5.78. The van der Waals surface area contributed by atoms with E-state index in [9.17, 15) is 4.79 Å². The number of carbonyl (C=O) groups excluding carboxylic acids is 1. The number of thiazole rings is 1. The number of nitrogens with one attached hydrogen (secondary N) is 1. The molecule has 3 aliphatic rings. The minimum Gasteiger partial charge on any atom is -0.348 e. The molecule has 120 valence electrons. The molecular formula is C16H18N4OS2. The Labute approximate surface area is 143 Å². The van der Waals surface area contributed by atoms with Crippen molar-refractivity contribution in [2.45, 2.75) is 23.2 Å². The lowest BCUT2D eigenvalue weighted by atomic mass is 9.84. The summed E-state index contributed by atoms with van der Waals surface area (Å²) >= 11 is 3.06. The maximum absolute atomic E-state index is 12.1. The summed E-state index contributed by atoms with van der Waals surface area (Å²) in [5.74, 6) is 0.649. The van der Waals surface area contributed by atoms with Crippen molar-refractivity contribution in [3.8, 4) is 0 Å². The Kier molecular flexibility index (Phi) is 4.33. The van der Waals surface area contributed by atoms with Crippen molar-refractivity contribution < 1.29 is 4.79 Å². The smallest absolute Gasteiger partial charge is 0.244 e. The van der Waals surface area contributed by atoms with Gasteiger partial charge in [-0.05, 0) is 49.4 Å². The molecule has 3 aliphatic heterocycles. The van der Waals surface area contributed by atoms with Crippen LogP contribution in [0.1, 0.15) is 12.8 Å². The second kappa shape index (κ2) is 6.59. The summed E-state index contributed by atoms with van der Waals surface area (Å²) in [5.41, 5.74) is 0.769. The number of thioether (sulfide) groups is 1. The van der Waals surface area contributed by atoms with Crippen LogP contribution in [0, 0.1) is 5.92 Å². The molecule has 0 saturated carbocycles. The first kappa shape index (κ1) is 15.1. The van der Waals surface area contributed by atoms with Crippen LogP contribution >= 0.6 is 23.1 Å². The van der Waals surface area contributed by atoms with E-state index in [1.807, 2.05) is 17.5 Å². The molecule has 0 radical (unpaired) electrons. The normalized spacial score (nSPS) is 26.9. The van der Waals surface area contributed by atoms with Crippen molar-refractivity contribution in [3.05, 3.63) is 29.8 Å². The van der Waals surface area contributed by atoms with Gasteiger partial charge >= 0.3 is 0 Å². The van der Waals surface area contributed by atoms with E-state index < -0.39 is 0 Å². The maximum atomic E-state index is 12.1. The zero-order valence-electron chi connectivity index (χ0n) is 12.6. The Bertz CT molecular complexity index is 704. The fourth-order valence-electron chi connectivity index (χ4n) is 3.31. The van der Waals surface area contributed by atoms with Gasteiger partial charge < -0.3 is 10.2 Å². The highest BCUT2D eigenvalue weighted by Crippen LogP contribution is 2.29. The van der Waals surface area contributed by atoms with Crippen LogP contribution in [0.15, 0.2) is 34.2 Å². The summed E-state index contributed by atoms with van der Waals surface area (Å²) < 4.78 is 1.98. The minimum atomic E-state index is -0.00418. The lowest BCUT2D eigenvalue weighted by Gasteiger charge is -2.44. The standard InChI is InChI=1S/C16H18N4OS2/c21-14(18-12-10-20-7-3-11(12)4-8-20)5-9-22-16-19-15-13(23-16)2-1-6-17-15/h1-2,5-6,9,11-12H,3-4,7-8,10H2,(H,18,21)/t12-/m0/s1. The maximum Gasteiger partial charge on any atom is 0.244 e. The molecule has 2 aromatic rings. The molecule has 1 amide bonds. The number of carbonyl (C=O) groups is 1. The van der Waals surface area contributed by atoms with Gasteiger partial charge in [0.15, 0.2) is 9.99 Å². The molecular weight excluding hydrogens is 328 g/mol. The molecule has 23 heavy (non-hydrogen) atoms. The second-order valence-electron chi connectivity index (χ2n) is 5.98. The molecule has 7 heteroatoms. The number of rotatable bonds is 4. The molecule has 1 atom stereocenters. The van der Waals surface area contributed by atoms with Crippen molar-refractivity contribution in [1.29, 1.82) is 0 Å². The molecule has 0 aliphatic carbocycles. The van der Waals surface area contributed by atoms with Crippen LogP contribution in [0.3, 0.4) is 0 Å². The van der Waals surface area contributed by atoms with E-state index in [0.717, 1.165) is 21.2 Å². The van der Waals surface area contributed by atoms with Crippen molar-refractivity contribution >= 4 is 39.4 Å². The zero-order chi connectivity index (χ0) is 15.6. The summed E-state index contributed by atoms with van der Waals surface area (Å²) in [4.78, 5) is 23.2. The molecule has 0 unspecified atom stereocenters. The number of amides is 1. The Morgan fingerprint density at radius 1 is 1.43 bits per heavy atom. The first-order valence-corrected chi connectivity index (χ1v) is 9.55. The highest BCUT2D eigenvalue weighted by molar-refractivity contribution is 8.03. The Morgan fingerprint density at radius 2 is 2.30 bits per heavy atom. The van der Waals surface area contributed by atoms with E-state index in [1.54, 1.807) is 23.6 Å². The molecule has 2 bridgehead atoms. The number of hydrogen-bond donors (Lipinski definition) is 1. The van der Waals surface area contributed by atoms with Gasteiger partial charge in [0.05, 0.1) is 4.70 Å². The molecule has 0 spiro atoms. The van der Waals surface area contributed by atoms with Crippen LogP contribution in [-0.4, -0.2) is 46.5 Å². The van der Waals surface area contributed by atoms with Crippen LogP contribution in [0.4, 0.5) is 0 Å². The van der Waals surface area contributed by atoms with Gasteiger partial charge in [-0.15, -0.1) is 11.3 Å². The molecule has 2 aromatic heterocycles. The number of fused-ring (bicyclic) bond motifs is 4. The number of pyridine rings is 1. The van der Waals surface area contributed by atoms with Gasteiger partial charge in [-0.25, -0.2) is 9.97 Å². The van der Waals surface area contributed by atoms with Crippen molar-refractivity contribution in [3.63, 3.8) is 0 Å². The lowest BCUT2D eigenvalue weighted by molar-refractivity contribution is -0.118. The average molecular weight is 346 g/mol. The van der Waals surface area contributed by atoms with Crippen LogP contribution in [0.25, 0.3) is 10.3 Å². The van der Waals surface area contributed by atoms with Crippen LogP contribution in [0.2, 0.25) is 0 Å². The Morgan fingerprint density at radius 3 is 3.04 bits per heavy atom. The van der Waals surface area contributed by atoms with E-state index in [4.69, 9.17) is 0 Å². The van der Waals surface area contributed by atoms with Gasteiger partial charge in [-0.1, -0.05) is 11.8 Å². The lowest BCUT2D eigenvalue weighted by Crippen LogP contribution is -2.57. The van der Waals surface area contributed by atoms with E-state index in [1.165, 1.54) is 37.7 Å². The molecule has 5 heterocycles. The fourth-order valence-corrected chi connectivity index (χ4v) is 5.05. The molecule has 1 N–H and O–H groups in total. The summed E-state index contributed by atoms with van der Waals surface area (Å²) in [6.45, 7) is 3.38. The Balaban J connectivity index is 1.32. The molecule has 3 fully saturated rings. The Hall–Kier alpha value is -1.44. The minimum absolute atomic E-state index is 0.00418. The van der Waals surface area contributed by atoms with Gasteiger partial charge in [0, 0.05) is 24.9 Å². The van der Waals surface area contributed by atoms with E-state index >= 15 is 0 Å². The predicted molar refractivity (Wildman–Crippen MR) is 93.5 cm³/mol.